The van der Waals surface area contributed by atoms with Crippen LogP contribution in [0.1, 0.15) is 27.8 Å². The highest BCUT2D eigenvalue weighted by Crippen LogP contribution is 2.70. The number of hydrogen-bond acceptors (Lipinski definition) is 2. The molecule has 5 aromatic rings. The molecule has 0 fully saturated rings. The van der Waals surface area contributed by atoms with Gasteiger partial charge >= 0.3 is 0 Å². The summed E-state index contributed by atoms with van der Waals surface area (Å²) in [7, 11) is -4.10. The van der Waals surface area contributed by atoms with Gasteiger partial charge in [0.25, 0.3) is 10.0 Å². The van der Waals surface area contributed by atoms with Crippen LogP contribution in [0.15, 0.2) is 132 Å². The molecule has 0 unspecified atom stereocenters. The maximum Gasteiger partial charge on any atom is 0.269 e. The van der Waals surface area contributed by atoms with Gasteiger partial charge in [-0.15, -0.1) is 0 Å². The average Bonchev–Trinajstić information content (AvgIpc) is 3.50. The first-order valence-corrected chi connectivity index (χ1v) is 13.9. The average molecular weight is 496 g/mol. The predicted octanol–water partition coefficient (Wildman–Crippen LogP) is 6.71. The lowest BCUT2D eigenvalue weighted by molar-refractivity contribution is 0.511. The smallest absolute Gasteiger partial charge is 0.203 e. The summed E-state index contributed by atoms with van der Waals surface area (Å²) in [5, 5.41) is 0. The maximum absolute atomic E-state index is 14.9. The Morgan fingerprint density at radius 1 is 0.459 bits per heavy atom. The van der Waals surface area contributed by atoms with E-state index < -0.39 is 20.2 Å². The zero-order valence-electron chi connectivity index (χ0n) is 19.8. The summed E-state index contributed by atoms with van der Waals surface area (Å²) in [6.07, 6.45) is 0. The second-order valence-corrected chi connectivity index (χ2v) is 11.6. The van der Waals surface area contributed by atoms with Crippen LogP contribution in [0.2, 0.25) is 0 Å². The van der Waals surface area contributed by atoms with Crippen molar-refractivity contribution in [2.24, 2.45) is 4.40 Å². The van der Waals surface area contributed by atoms with Gasteiger partial charge in [-0.05, 0) is 50.1 Å². The van der Waals surface area contributed by atoms with E-state index in [0.29, 0.717) is 5.71 Å². The number of rotatable bonds is 1. The minimum atomic E-state index is -4.10. The summed E-state index contributed by atoms with van der Waals surface area (Å²) in [5.41, 5.74) is 7.88. The molecule has 2 spiro atoms. The van der Waals surface area contributed by atoms with Crippen LogP contribution in [-0.2, 0) is 20.2 Å². The van der Waals surface area contributed by atoms with Gasteiger partial charge in [0.2, 0.25) is 0 Å². The van der Waals surface area contributed by atoms with Crippen LogP contribution < -0.4 is 0 Å². The van der Waals surface area contributed by atoms with E-state index in [1.54, 1.807) is 0 Å². The number of sulfonamides is 1. The van der Waals surface area contributed by atoms with Crippen molar-refractivity contribution in [3.8, 4) is 22.3 Å². The number of hydrogen-bond donors (Lipinski definition) is 0. The van der Waals surface area contributed by atoms with Crippen LogP contribution >= 0.6 is 0 Å². The van der Waals surface area contributed by atoms with Gasteiger partial charge in [-0.2, -0.15) is 4.40 Å². The molecule has 0 bridgehead atoms. The minimum absolute atomic E-state index is 0.581. The lowest BCUT2D eigenvalue weighted by Crippen LogP contribution is -2.53. The molecule has 1 heterocycles. The molecule has 3 aliphatic rings. The van der Waals surface area contributed by atoms with E-state index in [-0.39, 0.29) is 0 Å². The lowest BCUT2D eigenvalue weighted by Gasteiger charge is -2.43. The summed E-state index contributed by atoms with van der Waals surface area (Å²) >= 11 is 0. The third-order valence-electron chi connectivity index (χ3n) is 8.38. The predicted molar refractivity (Wildman–Crippen MR) is 147 cm³/mol. The topological polar surface area (TPSA) is 46.5 Å². The van der Waals surface area contributed by atoms with E-state index >= 15 is 0 Å². The molecule has 176 valence electrons. The number of nitrogens with zero attached hydrogens (tertiary/aromatic N) is 1. The largest absolute Gasteiger partial charge is 0.269 e. The van der Waals surface area contributed by atoms with Crippen LogP contribution in [0, 0.1) is 0 Å². The fraction of sp³-hybridized carbons (Fsp3) is 0.0606. The van der Waals surface area contributed by atoms with Crippen LogP contribution in [0.3, 0.4) is 0 Å². The Balaban J connectivity index is 1.67. The van der Waals surface area contributed by atoms with Crippen LogP contribution in [0.5, 0.6) is 0 Å². The molecule has 0 N–H and O–H groups in total. The highest BCUT2D eigenvalue weighted by Gasteiger charge is 2.74. The Kier molecular flexibility index (Phi) is 3.91. The molecule has 1 aliphatic heterocycles. The van der Waals surface area contributed by atoms with E-state index in [0.717, 1.165) is 50.1 Å². The molecule has 0 atom stereocenters. The Morgan fingerprint density at radius 3 is 1.32 bits per heavy atom. The molecule has 0 aromatic heterocycles. The van der Waals surface area contributed by atoms with Crippen LogP contribution in [-0.4, -0.2) is 14.1 Å². The molecule has 5 aromatic carbocycles. The summed E-state index contributed by atoms with van der Waals surface area (Å²) < 4.78 is 33.1. The molecule has 8 rings (SSSR count). The van der Waals surface area contributed by atoms with Gasteiger partial charge in [-0.1, -0.05) is 127 Å². The third-order valence-corrected chi connectivity index (χ3v) is 10.3. The van der Waals surface area contributed by atoms with Gasteiger partial charge in [0, 0.05) is 0 Å². The second kappa shape index (κ2) is 6.93. The van der Waals surface area contributed by atoms with Gasteiger partial charge in [0.05, 0.1) is 11.1 Å². The van der Waals surface area contributed by atoms with E-state index in [1.807, 2.05) is 103 Å². The summed E-state index contributed by atoms with van der Waals surface area (Å²) in [6, 6.07) is 42.2. The lowest BCUT2D eigenvalue weighted by atomic mass is 9.60. The Bertz CT molecular complexity index is 1810. The SMILES string of the molecule is O=S1(=O)N=C(c2ccccc2)C2(c3ccccc3-c3ccccc32)C12c1ccccc1-c1ccccc12. The van der Waals surface area contributed by atoms with Gasteiger partial charge < -0.3 is 0 Å². The van der Waals surface area contributed by atoms with E-state index in [4.69, 9.17) is 4.40 Å². The summed E-state index contributed by atoms with van der Waals surface area (Å²) in [6.45, 7) is 0. The van der Waals surface area contributed by atoms with Gasteiger partial charge in [-0.3, -0.25) is 0 Å². The van der Waals surface area contributed by atoms with Crippen molar-refractivity contribution in [3.63, 3.8) is 0 Å². The monoisotopic (exact) mass is 495 g/mol. The summed E-state index contributed by atoms with van der Waals surface area (Å²) in [4.78, 5) is 0. The Labute approximate surface area is 215 Å². The maximum atomic E-state index is 14.9. The molecule has 4 heteroatoms. The molecular formula is C33H21NO2S. The fourth-order valence-corrected chi connectivity index (χ4v) is 9.46. The number of fused-ring (bicyclic) bond motifs is 11. The normalized spacial score (nSPS) is 18.2. The molecule has 37 heavy (non-hydrogen) atoms. The van der Waals surface area contributed by atoms with Gasteiger partial charge in [-0.25, -0.2) is 8.42 Å². The molecule has 3 nitrogen and oxygen atoms in total. The Hall–Kier alpha value is -4.28. The second-order valence-electron chi connectivity index (χ2n) is 9.89. The molecule has 0 radical (unpaired) electrons. The third kappa shape index (κ3) is 2.21. The zero-order valence-corrected chi connectivity index (χ0v) is 20.6. The fourth-order valence-electron chi connectivity index (χ4n) is 7.23. The first-order valence-electron chi connectivity index (χ1n) is 12.4. The first kappa shape index (κ1) is 20.9. The highest BCUT2D eigenvalue weighted by atomic mass is 32.2. The zero-order chi connectivity index (χ0) is 24.8. The van der Waals surface area contributed by atoms with Crippen molar-refractivity contribution in [2.45, 2.75) is 10.2 Å². The Morgan fingerprint density at radius 2 is 0.838 bits per heavy atom. The first-order chi connectivity index (χ1) is 18.1. The van der Waals surface area contributed by atoms with Gasteiger partial charge in [0.1, 0.15) is 0 Å². The quantitative estimate of drug-likeness (QED) is 0.259. The summed E-state index contributed by atoms with van der Waals surface area (Å²) in [5.74, 6) is 0. The van der Waals surface area contributed by atoms with Crippen molar-refractivity contribution < 1.29 is 8.42 Å². The van der Waals surface area contributed by atoms with Crippen molar-refractivity contribution in [1.29, 1.82) is 0 Å². The van der Waals surface area contributed by atoms with E-state index in [1.165, 1.54) is 0 Å². The standard InChI is InChI=1S/C33H21NO2S/c35-37(36)33(29-20-10-6-16-25(29)26-17-7-11-21-30(26)33)32(31(34-37)22-12-2-1-3-13-22)27-18-8-4-14-23(27)24-15-5-9-19-28(24)32/h1-21H. The molecule has 0 saturated heterocycles. The van der Waals surface area contributed by atoms with Crippen LogP contribution in [0.25, 0.3) is 22.3 Å². The van der Waals surface area contributed by atoms with E-state index in [2.05, 4.69) is 24.3 Å². The molecule has 0 saturated carbocycles. The molecule has 2 aliphatic carbocycles. The van der Waals surface area contributed by atoms with Crippen molar-refractivity contribution in [1.82, 2.24) is 0 Å². The van der Waals surface area contributed by atoms with Crippen molar-refractivity contribution in [2.75, 3.05) is 0 Å². The molecule has 0 amide bonds. The van der Waals surface area contributed by atoms with Gasteiger partial charge in [0.15, 0.2) is 4.75 Å². The molecular weight excluding hydrogens is 474 g/mol. The van der Waals surface area contributed by atoms with Crippen LogP contribution in [0.4, 0.5) is 0 Å². The minimum Gasteiger partial charge on any atom is -0.203 e. The van der Waals surface area contributed by atoms with E-state index in [9.17, 15) is 8.42 Å². The van der Waals surface area contributed by atoms with Crippen molar-refractivity contribution in [3.05, 3.63) is 155 Å². The van der Waals surface area contributed by atoms with Crippen molar-refractivity contribution >= 4 is 15.7 Å². The number of benzene rings is 5. The highest BCUT2D eigenvalue weighted by molar-refractivity contribution is 7.92.